The Morgan fingerprint density at radius 2 is 1.90 bits per heavy atom. The van der Waals surface area contributed by atoms with E-state index in [0.29, 0.717) is 22.2 Å². The SMILES string of the molecule is CNc1nc(-c2ccc(F)cc2Cl)nc(C(C)(C)C)c1Br. The Hall–Kier alpha value is -1.20. The van der Waals surface area contributed by atoms with E-state index in [0.717, 1.165) is 10.2 Å². The van der Waals surface area contributed by atoms with Crippen molar-refractivity contribution < 1.29 is 4.39 Å². The molecule has 0 aliphatic carbocycles. The first-order valence-corrected chi connectivity index (χ1v) is 7.62. The van der Waals surface area contributed by atoms with Crippen molar-refractivity contribution >= 4 is 33.3 Å². The molecular formula is C15H16BrClFN3. The number of benzene rings is 1. The highest BCUT2D eigenvalue weighted by molar-refractivity contribution is 9.10. The van der Waals surface area contributed by atoms with Crippen LogP contribution < -0.4 is 5.32 Å². The van der Waals surface area contributed by atoms with Gasteiger partial charge in [0, 0.05) is 18.0 Å². The van der Waals surface area contributed by atoms with Gasteiger partial charge in [-0.2, -0.15) is 0 Å². The lowest BCUT2D eigenvalue weighted by atomic mass is 9.91. The van der Waals surface area contributed by atoms with Crippen molar-refractivity contribution in [1.82, 2.24) is 9.97 Å². The van der Waals surface area contributed by atoms with Crippen LogP contribution in [0.2, 0.25) is 5.02 Å². The lowest BCUT2D eigenvalue weighted by Gasteiger charge is -2.22. The molecule has 0 amide bonds. The number of hydrogen-bond acceptors (Lipinski definition) is 3. The Bertz CT molecular complexity index is 683. The summed E-state index contributed by atoms with van der Waals surface area (Å²) in [6, 6.07) is 4.20. The van der Waals surface area contributed by atoms with Crippen molar-refractivity contribution in [3.63, 3.8) is 0 Å². The zero-order valence-electron chi connectivity index (χ0n) is 12.3. The van der Waals surface area contributed by atoms with Gasteiger partial charge in [-0.05, 0) is 34.1 Å². The second-order valence-electron chi connectivity index (χ2n) is 5.68. The average molecular weight is 373 g/mol. The summed E-state index contributed by atoms with van der Waals surface area (Å²) in [5.41, 5.74) is 1.29. The van der Waals surface area contributed by atoms with Crippen molar-refractivity contribution in [2.75, 3.05) is 12.4 Å². The van der Waals surface area contributed by atoms with Gasteiger partial charge in [-0.15, -0.1) is 0 Å². The van der Waals surface area contributed by atoms with E-state index in [2.05, 4.69) is 52.0 Å². The molecule has 0 bridgehead atoms. The van der Waals surface area contributed by atoms with Gasteiger partial charge in [0.05, 0.1) is 15.2 Å². The fraction of sp³-hybridized carbons (Fsp3) is 0.333. The van der Waals surface area contributed by atoms with Crippen LogP contribution in [0.4, 0.5) is 10.2 Å². The highest BCUT2D eigenvalue weighted by atomic mass is 79.9. The predicted molar refractivity (Wildman–Crippen MR) is 88.4 cm³/mol. The Balaban J connectivity index is 2.70. The summed E-state index contributed by atoms with van der Waals surface area (Å²) < 4.78 is 14.0. The van der Waals surface area contributed by atoms with Gasteiger partial charge in [-0.25, -0.2) is 14.4 Å². The van der Waals surface area contributed by atoms with Crippen LogP contribution in [0, 0.1) is 5.82 Å². The van der Waals surface area contributed by atoms with Gasteiger partial charge >= 0.3 is 0 Å². The summed E-state index contributed by atoms with van der Waals surface area (Å²) >= 11 is 9.65. The van der Waals surface area contributed by atoms with Gasteiger partial charge < -0.3 is 5.32 Å². The van der Waals surface area contributed by atoms with E-state index in [-0.39, 0.29) is 11.2 Å². The van der Waals surface area contributed by atoms with Gasteiger partial charge in [-0.1, -0.05) is 32.4 Å². The topological polar surface area (TPSA) is 37.8 Å². The fourth-order valence-electron chi connectivity index (χ4n) is 1.90. The molecule has 0 aliphatic rings. The Labute approximate surface area is 137 Å². The van der Waals surface area contributed by atoms with Crippen LogP contribution >= 0.6 is 27.5 Å². The highest BCUT2D eigenvalue weighted by Crippen LogP contribution is 2.35. The van der Waals surface area contributed by atoms with E-state index in [9.17, 15) is 4.39 Å². The smallest absolute Gasteiger partial charge is 0.163 e. The molecule has 3 nitrogen and oxygen atoms in total. The van der Waals surface area contributed by atoms with Crippen LogP contribution in [-0.2, 0) is 5.41 Å². The zero-order valence-corrected chi connectivity index (χ0v) is 14.6. The Morgan fingerprint density at radius 1 is 1.24 bits per heavy atom. The number of hydrogen-bond donors (Lipinski definition) is 1. The number of aromatic nitrogens is 2. The maximum Gasteiger partial charge on any atom is 0.163 e. The minimum atomic E-state index is -0.384. The molecular weight excluding hydrogens is 357 g/mol. The molecule has 6 heteroatoms. The van der Waals surface area contributed by atoms with Crippen molar-refractivity contribution in [3.05, 3.63) is 39.2 Å². The lowest BCUT2D eigenvalue weighted by molar-refractivity contribution is 0.564. The van der Waals surface area contributed by atoms with Crippen LogP contribution in [0.15, 0.2) is 22.7 Å². The van der Waals surface area contributed by atoms with Crippen molar-refractivity contribution in [2.24, 2.45) is 0 Å². The number of halogens is 3. The van der Waals surface area contributed by atoms with E-state index in [1.807, 2.05) is 0 Å². The van der Waals surface area contributed by atoms with E-state index in [1.165, 1.54) is 12.1 Å². The zero-order chi connectivity index (χ0) is 15.8. The summed E-state index contributed by atoms with van der Waals surface area (Å²) in [7, 11) is 1.79. The van der Waals surface area contributed by atoms with Crippen LogP contribution in [0.1, 0.15) is 26.5 Å². The number of anilines is 1. The third kappa shape index (κ3) is 3.35. The van der Waals surface area contributed by atoms with Crippen LogP contribution in [-0.4, -0.2) is 17.0 Å². The molecule has 1 heterocycles. The summed E-state index contributed by atoms with van der Waals surface area (Å²) in [5, 5.41) is 3.32. The first-order chi connectivity index (χ1) is 9.74. The molecule has 1 aromatic heterocycles. The molecule has 0 saturated carbocycles. The van der Waals surface area contributed by atoms with Gasteiger partial charge in [0.25, 0.3) is 0 Å². The first kappa shape index (κ1) is 16.2. The molecule has 1 aromatic carbocycles. The second-order valence-corrected chi connectivity index (χ2v) is 6.88. The van der Waals surface area contributed by atoms with E-state index in [1.54, 1.807) is 13.1 Å². The molecule has 112 valence electrons. The third-order valence-electron chi connectivity index (χ3n) is 2.97. The van der Waals surface area contributed by atoms with Gasteiger partial charge in [0.2, 0.25) is 0 Å². The molecule has 0 radical (unpaired) electrons. The predicted octanol–water partition coefficient (Wildman–Crippen LogP) is 5.04. The van der Waals surface area contributed by atoms with Crippen molar-refractivity contribution in [1.29, 1.82) is 0 Å². The largest absolute Gasteiger partial charge is 0.372 e. The van der Waals surface area contributed by atoms with Gasteiger partial charge in [0.1, 0.15) is 11.6 Å². The Kier molecular flexibility index (Phi) is 4.54. The maximum atomic E-state index is 13.2. The highest BCUT2D eigenvalue weighted by Gasteiger charge is 2.23. The number of nitrogens with zero attached hydrogens (tertiary/aromatic N) is 2. The maximum absolute atomic E-state index is 13.2. The Morgan fingerprint density at radius 3 is 2.43 bits per heavy atom. The van der Waals surface area contributed by atoms with Crippen LogP contribution in [0.3, 0.4) is 0 Å². The quantitative estimate of drug-likeness (QED) is 0.802. The molecule has 0 fully saturated rings. The first-order valence-electron chi connectivity index (χ1n) is 6.45. The number of nitrogens with one attached hydrogen (secondary N) is 1. The molecule has 0 spiro atoms. The molecule has 0 aliphatic heterocycles. The minimum Gasteiger partial charge on any atom is -0.372 e. The summed E-state index contributed by atoms with van der Waals surface area (Å²) in [5.74, 6) is 0.758. The monoisotopic (exact) mass is 371 g/mol. The van der Waals surface area contributed by atoms with E-state index >= 15 is 0 Å². The summed E-state index contributed by atoms with van der Waals surface area (Å²) in [6.07, 6.45) is 0. The van der Waals surface area contributed by atoms with E-state index < -0.39 is 0 Å². The summed E-state index contributed by atoms with van der Waals surface area (Å²) in [4.78, 5) is 9.06. The van der Waals surface area contributed by atoms with Crippen molar-refractivity contribution in [3.8, 4) is 11.4 Å². The van der Waals surface area contributed by atoms with Crippen LogP contribution in [0.5, 0.6) is 0 Å². The molecule has 2 rings (SSSR count). The third-order valence-corrected chi connectivity index (χ3v) is 4.03. The fourth-order valence-corrected chi connectivity index (χ4v) is 3.12. The molecule has 0 saturated heterocycles. The number of rotatable bonds is 2. The molecule has 0 atom stereocenters. The minimum absolute atomic E-state index is 0.172. The molecule has 1 N–H and O–H groups in total. The molecule has 21 heavy (non-hydrogen) atoms. The average Bonchev–Trinajstić information content (AvgIpc) is 2.38. The molecule has 2 aromatic rings. The second kappa shape index (κ2) is 5.89. The molecule has 0 unspecified atom stereocenters. The van der Waals surface area contributed by atoms with Gasteiger partial charge in [0.15, 0.2) is 5.82 Å². The van der Waals surface area contributed by atoms with E-state index in [4.69, 9.17) is 11.6 Å². The van der Waals surface area contributed by atoms with Crippen molar-refractivity contribution in [2.45, 2.75) is 26.2 Å². The lowest BCUT2D eigenvalue weighted by Crippen LogP contribution is -2.17. The van der Waals surface area contributed by atoms with Crippen LogP contribution in [0.25, 0.3) is 11.4 Å². The standard InChI is InChI=1S/C15H16BrClFN3/c1-15(2,3)12-11(16)14(19-4)21-13(20-12)9-6-5-8(18)7-10(9)17/h5-7H,1-4H3,(H,19,20,21). The summed E-state index contributed by atoms with van der Waals surface area (Å²) in [6.45, 7) is 6.20. The normalized spacial score (nSPS) is 11.6. The van der Waals surface area contributed by atoms with Gasteiger partial charge in [-0.3, -0.25) is 0 Å².